The van der Waals surface area contributed by atoms with Crippen molar-refractivity contribution in [1.82, 2.24) is 8.75 Å². The van der Waals surface area contributed by atoms with Crippen molar-refractivity contribution in [2.45, 2.75) is 25.0 Å². The lowest BCUT2D eigenvalue weighted by molar-refractivity contribution is -0.150. The van der Waals surface area contributed by atoms with Gasteiger partial charge in [0.15, 0.2) is 6.10 Å². The number of anilines is 1. The molecular weight excluding hydrogens is 318 g/mol. The Kier molecular flexibility index (Phi) is 3.75. The topological polar surface area (TPSA) is 101 Å². The minimum absolute atomic E-state index is 0.309. The third-order valence-corrected chi connectivity index (χ3v) is 4.07. The molecule has 0 spiro atoms. The molecule has 1 fully saturated rings. The Hall–Kier alpha value is -1.77. The Balaban J connectivity index is 1.79. The first-order valence-electron chi connectivity index (χ1n) is 6.16. The highest BCUT2D eigenvalue weighted by Crippen LogP contribution is 2.31. The van der Waals surface area contributed by atoms with Crippen molar-refractivity contribution in [3.63, 3.8) is 0 Å². The number of aromatic nitrogens is 2. The zero-order valence-corrected chi connectivity index (χ0v) is 12.1. The number of ether oxygens (including phenoxy) is 1. The van der Waals surface area contributed by atoms with Crippen molar-refractivity contribution < 1.29 is 19.4 Å². The average Bonchev–Trinajstić information content (AvgIpc) is 3.09. The summed E-state index contributed by atoms with van der Waals surface area (Å²) in [5.41, 5.74) is 1.51. The fourth-order valence-electron chi connectivity index (χ4n) is 2.16. The molecule has 0 saturated carbocycles. The zero-order valence-electron chi connectivity index (χ0n) is 10.6. The van der Waals surface area contributed by atoms with Crippen molar-refractivity contribution in [1.29, 1.82) is 0 Å². The largest absolute Gasteiger partial charge is 0.479 e. The molecule has 1 aromatic heterocycles. The number of nitrogens with zero attached hydrogens (tertiary/aromatic N) is 2. The first-order valence-corrected chi connectivity index (χ1v) is 7.27. The Morgan fingerprint density at radius 3 is 2.81 bits per heavy atom. The molecule has 7 nitrogen and oxygen atoms in total. The lowest BCUT2D eigenvalue weighted by Crippen LogP contribution is -2.30. The molecule has 2 aromatic rings. The summed E-state index contributed by atoms with van der Waals surface area (Å²) in [6.45, 7) is 0. The van der Waals surface area contributed by atoms with Crippen LogP contribution in [0.5, 0.6) is 0 Å². The molecule has 0 unspecified atom stereocenters. The number of benzene rings is 1. The molecule has 1 aliphatic heterocycles. The maximum atomic E-state index is 12.2. The number of hydrogen-bond acceptors (Lipinski definition) is 6. The van der Waals surface area contributed by atoms with Crippen molar-refractivity contribution in [3.05, 3.63) is 17.2 Å². The van der Waals surface area contributed by atoms with Gasteiger partial charge in [0.1, 0.15) is 17.1 Å². The van der Waals surface area contributed by atoms with Gasteiger partial charge in [-0.25, -0.2) is 4.79 Å². The average molecular weight is 328 g/mol. The van der Waals surface area contributed by atoms with E-state index in [0.29, 0.717) is 34.6 Å². The van der Waals surface area contributed by atoms with Gasteiger partial charge in [-0.1, -0.05) is 11.6 Å². The SMILES string of the molecule is O=C(Nc1c(Cl)ccc2nsnc12)[C@@H]1CC[C@H](C(=O)O)O1. The van der Waals surface area contributed by atoms with E-state index < -0.39 is 24.1 Å². The molecule has 110 valence electrons. The maximum Gasteiger partial charge on any atom is 0.332 e. The van der Waals surface area contributed by atoms with Crippen LogP contribution in [0.4, 0.5) is 5.69 Å². The number of carboxylic acid groups (broad SMARTS) is 1. The Morgan fingerprint density at radius 2 is 2.10 bits per heavy atom. The fraction of sp³-hybridized carbons (Fsp3) is 0.333. The monoisotopic (exact) mass is 327 g/mol. The highest BCUT2D eigenvalue weighted by molar-refractivity contribution is 7.00. The van der Waals surface area contributed by atoms with E-state index in [1.807, 2.05) is 0 Å². The lowest BCUT2D eigenvalue weighted by Gasteiger charge is -2.12. The van der Waals surface area contributed by atoms with Crippen molar-refractivity contribution in [3.8, 4) is 0 Å². The molecule has 2 atom stereocenters. The van der Waals surface area contributed by atoms with Gasteiger partial charge in [0.25, 0.3) is 5.91 Å². The predicted molar refractivity (Wildman–Crippen MR) is 76.6 cm³/mol. The third-order valence-electron chi connectivity index (χ3n) is 3.21. The van der Waals surface area contributed by atoms with E-state index in [0.717, 1.165) is 11.7 Å². The van der Waals surface area contributed by atoms with Crippen LogP contribution in [-0.4, -0.2) is 37.9 Å². The molecule has 1 saturated heterocycles. The van der Waals surface area contributed by atoms with E-state index in [1.54, 1.807) is 12.1 Å². The van der Waals surface area contributed by atoms with Gasteiger partial charge in [0.2, 0.25) is 0 Å². The highest BCUT2D eigenvalue weighted by Gasteiger charge is 2.35. The maximum absolute atomic E-state index is 12.2. The van der Waals surface area contributed by atoms with Crippen LogP contribution in [0.2, 0.25) is 5.02 Å². The molecule has 0 bridgehead atoms. The van der Waals surface area contributed by atoms with Crippen LogP contribution in [-0.2, 0) is 14.3 Å². The normalized spacial score (nSPS) is 21.6. The number of halogens is 1. The van der Waals surface area contributed by atoms with Crippen LogP contribution < -0.4 is 5.32 Å². The van der Waals surface area contributed by atoms with E-state index in [-0.39, 0.29) is 0 Å². The number of carbonyl (C=O) groups excluding carboxylic acids is 1. The molecular formula is C12H10ClN3O4S. The van der Waals surface area contributed by atoms with Gasteiger partial charge in [-0.15, -0.1) is 0 Å². The Labute approximate surface area is 128 Å². The van der Waals surface area contributed by atoms with Crippen molar-refractivity contribution >= 4 is 51.9 Å². The summed E-state index contributed by atoms with van der Waals surface area (Å²) >= 11 is 7.10. The molecule has 0 aliphatic carbocycles. The molecule has 1 aromatic carbocycles. The molecule has 0 radical (unpaired) electrons. The number of hydrogen-bond donors (Lipinski definition) is 2. The van der Waals surface area contributed by atoms with Gasteiger partial charge in [-0.3, -0.25) is 4.79 Å². The summed E-state index contributed by atoms with van der Waals surface area (Å²) in [7, 11) is 0. The van der Waals surface area contributed by atoms with Crippen molar-refractivity contribution in [2.75, 3.05) is 5.32 Å². The van der Waals surface area contributed by atoms with Crippen LogP contribution in [0, 0.1) is 0 Å². The van der Waals surface area contributed by atoms with E-state index in [4.69, 9.17) is 21.4 Å². The molecule has 1 amide bonds. The van der Waals surface area contributed by atoms with Crippen LogP contribution in [0.1, 0.15) is 12.8 Å². The molecule has 21 heavy (non-hydrogen) atoms. The van der Waals surface area contributed by atoms with E-state index >= 15 is 0 Å². The van der Waals surface area contributed by atoms with Gasteiger partial charge in [0.05, 0.1) is 22.4 Å². The minimum Gasteiger partial charge on any atom is -0.479 e. The predicted octanol–water partition coefficient (Wildman–Crippen LogP) is 1.92. The number of aliphatic carboxylic acids is 1. The number of nitrogens with one attached hydrogen (secondary N) is 1. The summed E-state index contributed by atoms with van der Waals surface area (Å²) in [5.74, 6) is -1.49. The number of carbonyl (C=O) groups is 2. The lowest BCUT2D eigenvalue weighted by atomic mass is 10.2. The molecule has 2 N–H and O–H groups in total. The minimum atomic E-state index is -1.06. The van der Waals surface area contributed by atoms with E-state index in [1.165, 1.54) is 0 Å². The van der Waals surface area contributed by atoms with Crippen LogP contribution >= 0.6 is 23.3 Å². The molecule has 2 heterocycles. The first-order chi connectivity index (χ1) is 10.1. The van der Waals surface area contributed by atoms with Crippen molar-refractivity contribution in [2.24, 2.45) is 0 Å². The summed E-state index contributed by atoms with van der Waals surface area (Å²) in [4.78, 5) is 23.0. The zero-order chi connectivity index (χ0) is 15.0. The van der Waals surface area contributed by atoms with E-state index in [9.17, 15) is 9.59 Å². The molecule has 3 rings (SSSR count). The first kappa shape index (κ1) is 14.2. The Morgan fingerprint density at radius 1 is 1.33 bits per heavy atom. The second-order valence-corrected chi connectivity index (χ2v) is 5.51. The molecule has 1 aliphatic rings. The van der Waals surface area contributed by atoms with Crippen LogP contribution in [0.25, 0.3) is 11.0 Å². The number of amides is 1. The number of carboxylic acids is 1. The molecule has 9 heteroatoms. The Bertz CT molecular complexity index is 720. The summed E-state index contributed by atoms with van der Waals surface area (Å²) in [5, 5.41) is 11.9. The van der Waals surface area contributed by atoms with Gasteiger partial charge in [-0.05, 0) is 25.0 Å². The van der Waals surface area contributed by atoms with Gasteiger partial charge in [-0.2, -0.15) is 8.75 Å². The van der Waals surface area contributed by atoms with E-state index in [2.05, 4.69) is 14.1 Å². The van der Waals surface area contributed by atoms with Gasteiger partial charge >= 0.3 is 5.97 Å². The van der Waals surface area contributed by atoms with Gasteiger partial charge < -0.3 is 15.2 Å². The van der Waals surface area contributed by atoms with Gasteiger partial charge in [0, 0.05) is 0 Å². The standard InChI is InChI=1S/C12H10ClN3O4S/c13-5-1-2-6-10(16-21-15-6)9(5)14-11(17)7-3-4-8(20-7)12(18)19/h1-2,7-8H,3-4H2,(H,14,17)(H,18,19)/t7-,8+/m0/s1. The summed E-state index contributed by atoms with van der Waals surface area (Å²) in [6.07, 6.45) is -1.08. The highest BCUT2D eigenvalue weighted by atomic mass is 35.5. The van der Waals surface area contributed by atoms with Crippen LogP contribution in [0.3, 0.4) is 0 Å². The quantitative estimate of drug-likeness (QED) is 0.893. The fourth-order valence-corrected chi connectivity index (χ4v) is 2.90. The smallest absolute Gasteiger partial charge is 0.332 e. The third kappa shape index (κ3) is 2.69. The van der Waals surface area contributed by atoms with Crippen LogP contribution in [0.15, 0.2) is 12.1 Å². The second-order valence-electron chi connectivity index (χ2n) is 4.57. The number of rotatable bonds is 3. The number of fused-ring (bicyclic) bond motifs is 1. The second kappa shape index (κ2) is 5.55. The summed E-state index contributed by atoms with van der Waals surface area (Å²) in [6, 6.07) is 3.33. The summed E-state index contributed by atoms with van der Waals surface area (Å²) < 4.78 is 13.4.